The monoisotopic (exact) mass is 539 g/mol. The van der Waals surface area contributed by atoms with Gasteiger partial charge in [-0.25, -0.2) is 0 Å². The highest BCUT2D eigenvalue weighted by Crippen LogP contribution is 2.18. The number of pyridine rings is 2. The van der Waals surface area contributed by atoms with E-state index in [1.54, 1.807) is 43.6 Å². The van der Waals surface area contributed by atoms with Crippen LogP contribution < -0.4 is 5.32 Å². The molecule has 0 radical (unpaired) electrons. The Kier molecular flexibility index (Phi) is 13.6. The number of amides is 1. The number of nitrogens with zero attached hydrogens (tertiary/aromatic N) is 2. The molecule has 2 aromatic heterocycles. The lowest BCUT2D eigenvalue weighted by Gasteiger charge is -2.19. The van der Waals surface area contributed by atoms with Crippen LogP contribution in [0.1, 0.15) is 81.3 Å². The zero-order chi connectivity index (χ0) is 28.8. The molecule has 39 heavy (non-hydrogen) atoms. The Balaban J connectivity index is 1.98. The van der Waals surface area contributed by atoms with E-state index in [9.17, 15) is 19.2 Å². The quantitative estimate of drug-likeness (QED) is 0.217. The van der Waals surface area contributed by atoms with Crippen LogP contribution in [0, 0.1) is 11.8 Å². The van der Waals surface area contributed by atoms with E-state index in [0.717, 1.165) is 17.5 Å². The van der Waals surface area contributed by atoms with Gasteiger partial charge in [-0.3, -0.25) is 29.1 Å². The van der Waals surface area contributed by atoms with Crippen LogP contribution in [0.15, 0.2) is 36.7 Å². The Labute approximate surface area is 231 Å². The molecule has 1 amide bonds. The second kappa shape index (κ2) is 16.6. The molecule has 2 rings (SSSR count). The van der Waals surface area contributed by atoms with Crippen molar-refractivity contribution in [2.75, 3.05) is 26.4 Å². The van der Waals surface area contributed by atoms with E-state index in [1.807, 2.05) is 27.7 Å². The normalized spacial score (nSPS) is 12.7. The Morgan fingerprint density at radius 3 is 1.79 bits per heavy atom. The number of nitrogens with one attached hydrogen (secondary N) is 1. The topological polar surface area (TPSA) is 125 Å². The van der Waals surface area contributed by atoms with Crippen LogP contribution in [0.5, 0.6) is 0 Å². The van der Waals surface area contributed by atoms with Crippen molar-refractivity contribution in [1.29, 1.82) is 0 Å². The molecule has 2 aromatic rings. The summed E-state index contributed by atoms with van der Waals surface area (Å²) in [5.41, 5.74) is 2.18. The highest BCUT2D eigenvalue weighted by atomic mass is 16.5. The third kappa shape index (κ3) is 10.8. The first-order valence-corrected chi connectivity index (χ1v) is 13.6. The first kappa shape index (κ1) is 31.9. The van der Waals surface area contributed by atoms with E-state index >= 15 is 0 Å². The Hall–Kier alpha value is -3.30. The number of carbonyl (C=O) groups is 4. The van der Waals surface area contributed by atoms with Crippen molar-refractivity contribution in [3.8, 4) is 11.1 Å². The zero-order valence-electron chi connectivity index (χ0n) is 23.7. The smallest absolute Gasteiger partial charge is 0.270 e. The molecule has 9 heteroatoms. The molecule has 0 saturated heterocycles. The van der Waals surface area contributed by atoms with Gasteiger partial charge < -0.3 is 14.8 Å². The molecule has 2 heterocycles. The summed E-state index contributed by atoms with van der Waals surface area (Å²) in [6.45, 7) is 10.2. The molecule has 2 unspecified atom stereocenters. The van der Waals surface area contributed by atoms with Crippen LogP contribution in [-0.2, 0) is 19.1 Å². The molecular formula is C30H41N3O6. The molecule has 0 bridgehead atoms. The molecule has 0 spiro atoms. The SMILES string of the molecule is CCC(=O)c1ccc(-c2ccc(C(=O)NC(COCCC(=O)C(C)C)COCCC(=O)C(C)CC)nc2)cn1. The summed E-state index contributed by atoms with van der Waals surface area (Å²) in [6.07, 6.45) is 4.97. The Morgan fingerprint density at radius 1 is 0.795 bits per heavy atom. The van der Waals surface area contributed by atoms with Gasteiger partial charge in [-0.1, -0.05) is 46.8 Å². The highest BCUT2D eigenvalue weighted by Gasteiger charge is 2.18. The molecule has 212 valence electrons. The zero-order valence-corrected chi connectivity index (χ0v) is 23.7. The van der Waals surface area contributed by atoms with Crippen molar-refractivity contribution in [1.82, 2.24) is 15.3 Å². The first-order chi connectivity index (χ1) is 18.7. The summed E-state index contributed by atoms with van der Waals surface area (Å²) in [6, 6.07) is 6.37. The van der Waals surface area contributed by atoms with Crippen LogP contribution in [-0.4, -0.2) is 65.7 Å². The number of rotatable bonds is 18. The second-order valence-electron chi connectivity index (χ2n) is 9.86. The fourth-order valence-electron chi connectivity index (χ4n) is 3.56. The Morgan fingerprint density at radius 2 is 1.33 bits per heavy atom. The number of hydrogen-bond acceptors (Lipinski definition) is 8. The number of aromatic nitrogens is 2. The van der Waals surface area contributed by atoms with Gasteiger partial charge in [0.1, 0.15) is 23.0 Å². The molecule has 2 atom stereocenters. The van der Waals surface area contributed by atoms with Crippen molar-refractivity contribution in [2.24, 2.45) is 11.8 Å². The first-order valence-electron chi connectivity index (χ1n) is 13.6. The molecule has 0 aliphatic heterocycles. The minimum absolute atomic E-state index is 0.00692. The standard InChI is InChI=1S/C30H41N3O6/c1-6-21(5)29(36)13-15-39-19-24(18-38-14-12-28(35)20(3)4)33-30(37)26-11-9-23(17-32-26)22-8-10-25(31-16-22)27(34)7-2/h8-11,16-17,20-21,24H,6-7,12-15,18-19H2,1-5H3,(H,33,37). The lowest BCUT2D eigenvalue weighted by atomic mass is 10.0. The molecule has 0 aromatic carbocycles. The van der Waals surface area contributed by atoms with Gasteiger partial charge in [0.15, 0.2) is 5.78 Å². The number of carbonyl (C=O) groups excluding carboxylic acids is 4. The number of ketones is 3. The van der Waals surface area contributed by atoms with Gasteiger partial charge in [-0.2, -0.15) is 0 Å². The molecule has 0 aliphatic rings. The van der Waals surface area contributed by atoms with Crippen LogP contribution in [0.25, 0.3) is 11.1 Å². The van der Waals surface area contributed by atoms with Gasteiger partial charge >= 0.3 is 0 Å². The highest BCUT2D eigenvalue weighted by molar-refractivity contribution is 5.94. The van der Waals surface area contributed by atoms with E-state index in [4.69, 9.17) is 9.47 Å². The van der Waals surface area contributed by atoms with Crippen molar-refractivity contribution in [3.05, 3.63) is 48.0 Å². The average Bonchev–Trinajstić information content (AvgIpc) is 2.96. The fourth-order valence-corrected chi connectivity index (χ4v) is 3.56. The van der Waals surface area contributed by atoms with Crippen LogP contribution in [0.2, 0.25) is 0 Å². The number of hydrogen-bond donors (Lipinski definition) is 1. The maximum atomic E-state index is 12.9. The largest absolute Gasteiger partial charge is 0.379 e. The lowest BCUT2D eigenvalue weighted by Crippen LogP contribution is -2.42. The van der Waals surface area contributed by atoms with Crippen molar-refractivity contribution in [2.45, 2.75) is 66.3 Å². The van der Waals surface area contributed by atoms with Gasteiger partial charge in [0, 0.05) is 54.6 Å². The van der Waals surface area contributed by atoms with Crippen molar-refractivity contribution in [3.63, 3.8) is 0 Å². The van der Waals surface area contributed by atoms with Gasteiger partial charge in [-0.15, -0.1) is 0 Å². The minimum atomic E-state index is -0.486. The van der Waals surface area contributed by atoms with Crippen LogP contribution in [0.4, 0.5) is 0 Å². The third-order valence-electron chi connectivity index (χ3n) is 6.46. The fraction of sp³-hybridized carbons (Fsp3) is 0.533. The summed E-state index contributed by atoms with van der Waals surface area (Å²) >= 11 is 0. The number of Topliss-reactive ketones (excluding diaryl/α,β-unsaturated/α-hetero) is 3. The predicted octanol–water partition coefficient (Wildman–Crippen LogP) is 4.49. The van der Waals surface area contributed by atoms with E-state index in [-0.39, 0.29) is 61.3 Å². The second-order valence-corrected chi connectivity index (χ2v) is 9.86. The van der Waals surface area contributed by atoms with E-state index in [2.05, 4.69) is 15.3 Å². The predicted molar refractivity (Wildman–Crippen MR) is 149 cm³/mol. The van der Waals surface area contributed by atoms with Crippen LogP contribution in [0.3, 0.4) is 0 Å². The minimum Gasteiger partial charge on any atom is -0.379 e. The molecule has 0 saturated carbocycles. The molecule has 0 aliphatic carbocycles. The van der Waals surface area contributed by atoms with E-state index in [0.29, 0.717) is 25.0 Å². The summed E-state index contributed by atoms with van der Waals surface area (Å²) in [4.78, 5) is 57.1. The van der Waals surface area contributed by atoms with Gasteiger partial charge in [0.25, 0.3) is 5.91 Å². The summed E-state index contributed by atoms with van der Waals surface area (Å²) in [5.74, 6) is -0.226. The van der Waals surface area contributed by atoms with Crippen LogP contribution >= 0.6 is 0 Å². The average molecular weight is 540 g/mol. The van der Waals surface area contributed by atoms with Gasteiger partial charge in [0.05, 0.1) is 32.5 Å². The molecule has 1 N–H and O–H groups in total. The molecule has 0 fully saturated rings. The third-order valence-corrected chi connectivity index (χ3v) is 6.46. The summed E-state index contributed by atoms with van der Waals surface area (Å²) in [7, 11) is 0. The van der Waals surface area contributed by atoms with Gasteiger partial charge in [0.2, 0.25) is 0 Å². The van der Waals surface area contributed by atoms with Crippen molar-refractivity contribution < 1.29 is 28.7 Å². The maximum absolute atomic E-state index is 12.9. The van der Waals surface area contributed by atoms with E-state index < -0.39 is 11.9 Å². The Bertz CT molecular complexity index is 1080. The van der Waals surface area contributed by atoms with Gasteiger partial charge in [-0.05, 0) is 18.6 Å². The summed E-state index contributed by atoms with van der Waals surface area (Å²) < 4.78 is 11.4. The van der Waals surface area contributed by atoms with E-state index in [1.165, 1.54) is 0 Å². The molecular weight excluding hydrogens is 498 g/mol. The molecule has 9 nitrogen and oxygen atoms in total. The summed E-state index contributed by atoms with van der Waals surface area (Å²) in [5, 5.41) is 2.88. The van der Waals surface area contributed by atoms with Crippen molar-refractivity contribution >= 4 is 23.3 Å². The maximum Gasteiger partial charge on any atom is 0.270 e. The number of ether oxygens (including phenoxy) is 2. The lowest BCUT2D eigenvalue weighted by molar-refractivity contribution is -0.123.